The van der Waals surface area contributed by atoms with Gasteiger partial charge in [-0.05, 0) is 51.3 Å². The van der Waals surface area contributed by atoms with Crippen LogP contribution in [0.3, 0.4) is 0 Å². The number of aryl methyl sites for hydroxylation is 1. The third-order valence-corrected chi connectivity index (χ3v) is 4.63. The van der Waals surface area contributed by atoms with Crippen molar-refractivity contribution < 1.29 is 0 Å². The Morgan fingerprint density at radius 2 is 2.00 bits per heavy atom. The molecule has 3 heteroatoms. The van der Waals surface area contributed by atoms with Crippen LogP contribution >= 0.6 is 0 Å². The monoisotopic (exact) mass is 245 g/mol. The largest absolute Gasteiger partial charge is 0.317 e. The molecule has 1 aromatic rings. The van der Waals surface area contributed by atoms with Crippen LogP contribution in [0.25, 0.3) is 0 Å². The summed E-state index contributed by atoms with van der Waals surface area (Å²) in [6, 6.07) is 6.64. The Balaban J connectivity index is 1.69. The lowest BCUT2D eigenvalue weighted by atomic mass is 9.97. The molecule has 98 valence electrons. The first-order valence-electron chi connectivity index (χ1n) is 7.11. The minimum Gasteiger partial charge on any atom is -0.317 e. The van der Waals surface area contributed by atoms with Crippen LogP contribution < -0.4 is 5.32 Å². The van der Waals surface area contributed by atoms with Gasteiger partial charge in [-0.1, -0.05) is 6.07 Å². The second kappa shape index (κ2) is 4.98. The fourth-order valence-corrected chi connectivity index (χ4v) is 3.57. The van der Waals surface area contributed by atoms with E-state index in [1.165, 1.54) is 31.2 Å². The molecule has 1 aromatic heterocycles. The number of nitrogens with one attached hydrogen (secondary N) is 1. The minimum atomic E-state index is 0.731. The van der Waals surface area contributed by atoms with Crippen molar-refractivity contribution in [1.29, 1.82) is 0 Å². The fraction of sp³-hybridized carbons (Fsp3) is 0.667. The van der Waals surface area contributed by atoms with Gasteiger partial charge in [0.05, 0.1) is 0 Å². The summed E-state index contributed by atoms with van der Waals surface area (Å²) in [5.41, 5.74) is 2.47. The van der Waals surface area contributed by atoms with Crippen LogP contribution in [-0.4, -0.2) is 35.1 Å². The second-order valence-electron chi connectivity index (χ2n) is 5.82. The van der Waals surface area contributed by atoms with Crippen LogP contribution in [0.2, 0.25) is 0 Å². The number of hydrogen-bond acceptors (Lipinski definition) is 3. The summed E-state index contributed by atoms with van der Waals surface area (Å²) in [5.74, 6) is 0. The van der Waals surface area contributed by atoms with E-state index in [4.69, 9.17) is 0 Å². The van der Waals surface area contributed by atoms with Gasteiger partial charge in [-0.15, -0.1) is 0 Å². The predicted molar refractivity (Wildman–Crippen MR) is 73.4 cm³/mol. The number of fused-ring (bicyclic) bond motifs is 2. The SMILES string of the molecule is CNC1CC2CCC(C1)N2Cc1ccc(C)nc1. The number of hydrogen-bond donors (Lipinski definition) is 1. The Morgan fingerprint density at radius 3 is 2.56 bits per heavy atom. The fourth-order valence-electron chi connectivity index (χ4n) is 3.57. The first kappa shape index (κ1) is 12.1. The van der Waals surface area contributed by atoms with Crippen molar-refractivity contribution in [3.05, 3.63) is 29.6 Å². The van der Waals surface area contributed by atoms with Crippen molar-refractivity contribution >= 4 is 0 Å². The molecule has 0 spiro atoms. The van der Waals surface area contributed by atoms with E-state index in [9.17, 15) is 0 Å². The molecular formula is C15H23N3. The van der Waals surface area contributed by atoms with Crippen molar-refractivity contribution in [2.75, 3.05) is 7.05 Å². The van der Waals surface area contributed by atoms with Gasteiger partial charge in [0, 0.05) is 36.6 Å². The second-order valence-corrected chi connectivity index (χ2v) is 5.82. The van der Waals surface area contributed by atoms with Gasteiger partial charge in [0.2, 0.25) is 0 Å². The number of nitrogens with zero attached hydrogens (tertiary/aromatic N) is 2. The summed E-state index contributed by atoms with van der Waals surface area (Å²) in [4.78, 5) is 7.12. The van der Waals surface area contributed by atoms with E-state index in [1.807, 2.05) is 13.1 Å². The van der Waals surface area contributed by atoms with E-state index in [1.54, 1.807) is 0 Å². The zero-order chi connectivity index (χ0) is 12.5. The quantitative estimate of drug-likeness (QED) is 0.884. The summed E-state index contributed by atoms with van der Waals surface area (Å²) < 4.78 is 0. The molecule has 2 unspecified atom stereocenters. The highest BCUT2D eigenvalue weighted by Crippen LogP contribution is 2.36. The Bertz CT molecular complexity index is 387. The van der Waals surface area contributed by atoms with Gasteiger partial charge >= 0.3 is 0 Å². The highest BCUT2D eigenvalue weighted by molar-refractivity contribution is 5.14. The van der Waals surface area contributed by atoms with Crippen molar-refractivity contribution in [1.82, 2.24) is 15.2 Å². The van der Waals surface area contributed by atoms with E-state index in [0.717, 1.165) is 30.4 Å². The van der Waals surface area contributed by atoms with Crippen LogP contribution in [0.1, 0.15) is 36.9 Å². The number of pyridine rings is 1. The van der Waals surface area contributed by atoms with Crippen LogP contribution in [-0.2, 0) is 6.54 Å². The zero-order valence-corrected chi connectivity index (χ0v) is 11.4. The molecule has 0 aromatic carbocycles. The van der Waals surface area contributed by atoms with Gasteiger partial charge < -0.3 is 5.32 Å². The summed E-state index contributed by atoms with van der Waals surface area (Å²) >= 11 is 0. The Labute approximate surface area is 110 Å². The topological polar surface area (TPSA) is 28.2 Å². The molecule has 2 atom stereocenters. The Kier molecular flexibility index (Phi) is 3.35. The maximum atomic E-state index is 4.41. The first-order valence-corrected chi connectivity index (χ1v) is 7.11. The third kappa shape index (κ3) is 2.29. The molecular weight excluding hydrogens is 222 g/mol. The standard InChI is InChI=1S/C15H23N3/c1-11-3-4-12(9-17-11)10-18-14-5-6-15(18)8-13(7-14)16-2/h3-4,9,13-16H,5-8,10H2,1-2H3. The summed E-state index contributed by atoms with van der Waals surface area (Å²) in [6.45, 7) is 3.13. The lowest BCUT2D eigenvalue weighted by molar-refractivity contribution is 0.111. The molecule has 3 heterocycles. The van der Waals surface area contributed by atoms with E-state index in [-0.39, 0.29) is 0 Å². The molecule has 2 bridgehead atoms. The van der Waals surface area contributed by atoms with E-state index in [2.05, 4.69) is 34.4 Å². The van der Waals surface area contributed by atoms with E-state index in [0.29, 0.717) is 0 Å². The van der Waals surface area contributed by atoms with E-state index < -0.39 is 0 Å². The highest BCUT2D eigenvalue weighted by atomic mass is 15.2. The maximum Gasteiger partial charge on any atom is 0.0372 e. The predicted octanol–water partition coefficient (Wildman–Crippen LogP) is 2.10. The van der Waals surface area contributed by atoms with Crippen molar-refractivity contribution in [2.24, 2.45) is 0 Å². The molecule has 2 aliphatic heterocycles. The van der Waals surface area contributed by atoms with Crippen molar-refractivity contribution in [3.63, 3.8) is 0 Å². The number of aromatic nitrogens is 1. The van der Waals surface area contributed by atoms with E-state index >= 15 is 0 Å². The molecule has 3 nitrogen and oxygen atoms in total. The first-order chi connectivity index (χ1) is 8.76. The smallest absolute Gasteiger partial charge is 0.0372 e. The van der Waals surface area contributed by atoms with Crippen molar-refractivity contribution in [2.45, 2.75) is 57.3 Å². The van der Waals surface area contributed by atoms with Gasteiger partial charge in [0.25, 0.3) is 0 Å². The molecule has 0 amide bonds. The maximum absolute atomic E-state index is 4.41. The summed E-state index contributed by atoms with van der Waals surface area (Å²) in [5, 5.41) is 3.46. The van der Waals surface area contributed by atoms with Gasteiger partial charge in [0.1, 0.15) is 0 Å². The van der Waals surface area contributed by atoms with Crippen LogP contribution in [0.4, 0.5) is 0 Å². The van der Waals surface area contributed by atoms with Crippen LogP contribution in [0, 0.1) is 6.92 Å². The Hall–Kier alpha value is -0.930. The van der Waals surface area contributed by atoms with Crippen LogP contribution in [0.5, 0.6) is 0 Å². The highest BCUT2D eigenvalue weighted by Gasteiger charge is 2.39. The molecule has 2 saturated heterocycles. The van der Waals surface area contributed by atoms with Gasteiger partial charge in [-0.2, -0.15) is 0 Å². The molecule has 2 fully saturated rings. The molecule has 2 aliphatic rings. The number of piperidine rings is 1. The molecule has 0 radical (unpaired) electrons. The zero-order valence-electron chi connectivity index (χ0n) is 11.4. The summed E-state index contributed by atoms with van der Waals surface area (Å²) in [6.07, 6.45) is 7.42. The normalized spacial score (nSPS) is 31.8. The number of rotatable bonds is 3. The Morgan fingerprint density at radius 1 is 1.28 bits per heavy atom. The molecule has 3 rings (SSSR count). The minimum absolute atomic E-state index is 0.731. The average molecular weight is 245 g/mol. The van der Waals surface area contributed by atoms with Gasteiger partial charge in [-0.3, -0.25) is 9.88 Å². The average Bonchev–Trinajstić information content (AvgIpc) is 2.63. The van der Waals surface area contributed by atoms with Gasteiger partial charge in [-0.25, -0.2) is 0 Å². The summed E-state index contributed by atoms with van der Waals surface area (Å²) in [7, 11) is 2.10. The molecule has 1 N–H and O–H groups in total. The van der Waals surface area contributed by atoms with Crippen LogP contribution in [0.15, 0.2) is 18.3 Å². The lowest BCUT2D eigenvalue weighted by Gasteiger charge is -2.38. The molecule has 0 saturated carbocycles. The molecule has 18 heavy (non-hydrogen) atoms. The van der Waals surface area contributed by atoms with Crippen molar-refractivity contribution in [3.8, 4) is 0 Å². The lowest BCUT2D eigenvalue weighted by Crippen LogP contribution is -2.47. The third-order valence-electron chi connectivity index (χ3n) is 4.63. The van der Waals surface area contributed by atoms with Gasteiger partial charge in [0.15, 0.2) is 0 Å². The molecule has 0 aliphatic carbocycles.